The van der Waals surface area contributed by atoms with Crippen molar-refractivity contribution in [1.82, 2.24) is 5.32 Å². The van der Waals surface area contributed by atoms with Gasteiger partial charge in [-0.05, 0) is 37.3 Å². The van der Waals surface area contributed by atoms with Crippen molar-refractivity contribution in [3.05, 3.63) is 65.0 Å². The normalized spacial score (nSPS) is 12.4. The molecule has 0 fully saturated rings. The summed E-state index contributed by atoms with van der Waals surface area (Å²) in [5, 5.41) is 4.13. The maximum atomic E-state index is 14.3. The molecule has 0 radical (unpaired) electrons. The van der Waals surface area contributed by atoms with Crippen molar-refractivity contribution in [2.45, 2.75) is 16.9 Å². The Hall–Kier alpha value is -2.24. The predicted molar refractivity (Wildman–Crippen MR) is 96.2 cm³/mol. The molecule has 0 saturated heterocycles. The Bertz CT molecular complexity index is 890. The highest BCUT2D eigenvalue weighted by molar-refractivity contribution is 14.1. The van der Waals surface area contributed by atoms with E-state index in [4.69, 9.17) is 0 Å². The van der Waals surface area contributed by atoms with Gasteiger partial charge in [-0.1, -0.05) is 22.6 Å². The number of carbonyl (C=O) groups is 2. The second-order valence-corrected chi connectivity index (χ2v) is 7.31. The summed E-state index contributed by atoms with van der Waals surface area (Å²) in [5.74, 6) is -10.6. The van der Waals surface area contributed by atoms with Crippen molar-refractivity contribution in [3.63, 3.8) is 0 Å². The molecule has 144 valence electrons. The maximum Gasteiger partial charge on any atom is 0.352 e. The average Bonchev–Trinajstić information content (AvgIpc) is 2.57. The first kappa shape index (κ1) is 21.1. The molecule has 0 spiro atoms. The number of hydrogen-bond donors (Lipinski definition) is 2. The van der Waals surface area contributed by atoms with Crippen LogP contribution in [0.2, 0.25) is 0 Å². The summed E-state index contributed by atoms with van der Waals surface area (Å²) in [5.41, 5.74) is -1.81. The van der Waals surface area contributed by atoms with Crippen molar-refractivity contribution >= 4 is 40.1 Å². The van der Waals surface area contributed by atoms with E-state index >= 15 is 0 Å². The first-order valence-electron chi connectivity index (χ1n) is 7.41. The fourth-order valence-electron chi connectivity index (χ4n) is 2.08. The number of rotatable bonds is 5. The van der Waals surface area contributed by atoms with Crippen LogP contribution < -0.4 is 10.6 Å². The van der Waals surface area contributed by atoms with E-state index in [1.165, 1.54) is 6.92 Å². The molecular formula is C17H12F5IN2O2. The number of alkyl halides is 3. The number of benzene rings is 2. The molecule has 2 rings (SSSR count). The molecule has 2 aromatic carbocycles. The molecule has 2 amide bonds. The molecule has 0 heterocycles. The average molecular weight is 498 g/mol. The van der Waals surface area contributed by atoms with Crippen molar-refractivity contribution in [3.8, 4) is 0 Å². The quantitative estimate of drug-likeness (QED) is 0.279. The van der Waals surface area contributed by atoms with E-state index in [2.05, 4.69) is 5.32 Å². The van der Waals surface area contributed by atoms with Gasteiger partial charge in [-0.25, -0.2) is 13.2 Å². The standard InChI is InChI=1S/C17H12F5IN2O2/c1-8(23)24-16(27)17(21,22)11-6-9(2-4-12(11)18)15(26)25-10-3-5-13(19)14(20)7-10/h2-8H,1H3,(H,24,27)(H,25,26). The Morgan fingerprint density at radius 1 is 1.00 bits per heavy atom. The summed E-state index contributed by atoms with van der Waals surface area (Å²) in [6, 6.07) is 4.59. The first-order chi connectivity index (χ1) is 12.5. The summed E-state index contributed by atoms with van der Waals surface area (Å²) in [6.07, 6.45) is 0. The zero-order chi connectivity index (χ0) is 20.4. The number of nitrogens with one attached hydrogen (secondary N) is 2. The van der Waals surface area contributed by atoms with Gasteiger partial charge in [0.1, 0.15) is 5.82 Å². The largest absolute Gasteiger partial charge is 0.352 e. The van der Waals surface area contributed by atoms with Gasteiger partial charge in [-0.15, -0.1) is 0 Å². The lowest BCUT2D eigenvalue weighted by Gasteiger charge is -2.19. The van der Waals surface area contributed by atoms with Crippen molar-refractivity contribution in [2.24, 2.45) is 0 Å². The lowest BCUT2D eigenvalue weighted by molar-refractivity contribution is -0.147. The summed E-state index contributed by atoms with van der Waals surface area (Å²) < 4.78 is 67.8. The minimum Gasteiger partial charge on any atom is -0.339 e. The Balaban J connectivity index is 2.31. The van der Waals surface area contributed by atoms with Gasteiger partial charge in [0.15, 0.2) is 11.6 Å². The van der Waals surface area contributed by atoms with Crippen LogP contribution in [0.5, 0.6) is 0 Å². The number of hydrogen-bond acceptors (Lipinski definition) is 2. The van der Waals surface area contributed by atoms with Gasteiger partial charge in [-0.3, -0.25) is 9.59 Å². The molecule has 2 aromatic rings. The van der Waals surface area contributed by atoms with Crippen LogP contribution >= 0.6 is 22.6 Å². The van der Waals surface area contributed by atoms with E-state index in [-0.39, 0.29) is 5.69 Å². The Labute approximate surface area is 164 Å². The third kappa shape index (κ3) is 4.93. The van der Waals surface area contributed by atoms with E-state index in [0.29, 0.717) is 18.2 Å². The predicted octanol–water partition coefficient (Wildman–Crippen LogP) is 4.35. The molecule has 0 aliphatic rings. The number of amides is 2. The number of carbonyl (C=O) groups excluding carboxylic acids is 2. The smallest absolute Gasteiger partial charge is 0.339 e. The lowest BCUT2D eigenvalue weighted by atomic mass is 10.0. The van der Waals surface area contributed by atoms with Gasteiger partial charge >= 0.3 is 5.92 Å². The number of anilines is 1. The summed E-state index contributed by atoms with van der Waals surface area (Å²) in [4.78, 5) is 23.8. The van der Waals surface area contributed by atoms with Crippen LogP contribution in [0, 0.1) is 17.5 Å². The van der Waals surface area contributed by atoms with Crippen LogP contribution in [0.3, 0.4) is 0 Å². The minimum atomic E-state index is -4.22. The van der Waals surface area contributed by atoms with Crippen molar-refractivity contribution in [2.75, 3.05) is 5.32 Å². The molecule has 0 aromatic heterocycles. The van der Waals surface area contributed by atoms with E-state index in [1.54, 1.807) is 22.6 Å². The van der Waals surface area contributed by atoms with Gasteiger partial charge < -0.3 is 10.6 Å². The molecule has 4 nitrogen and oxygen atoms in total. The fraction of sp³-hybridized carbons (Fsp3) is 0.176. The van der Waals surface area contributed by atoms with E-state index in [0.717, 1.165) is 18.2 Å². The molecule has 10 heteroatoms. The Morgan fingerprint density at radius 3 is 2.22 bits per heavy atom. The Morgan fingerprint density at radius 2 is 1.63 bits per heavy atom. The summed E-state index contributed by atoms with van der Waals surface area (Å²) in [6.45, 7) is 1.44. The highest BCUT2D eigenvalue weighted by atomic mass is 127. The van der Waals surface area contributed by atoms with Crippen LogP contribution in [0.1, 0.15) is 22.8 Å². The zero-order valence-electron chi connectivity index (χ0n) is 13.6. The minimum absolute atomic E-state index is 0.131. The van der Waals surface area contributed by atoms with E-state index in [1.807, 2.05) is 5.32 Å². The van der Waals surface area contributed by atoms with Crippen LogP contribution in [-0.4, -0.2) is 15.9 Å². The second kappa shape index (κ2) is 8.19. The van der Waals surface area contributed by atoms with Gasteiger partial charge in [0.2, 0.25) is 0 Å². The first-order valence-corrected chi connectivity index (χ1v) is 8.66. The van der Waals surface area contributed by atoms with Crippen LogP contribution in [0.4, 0.5) is 27.6 Å². The summed E-state index contributed by atoms with van der Waals surface area (Å²) in [7, 11) is 0. The van der Waals surface area contributed by atoms with Crippen molar-refractivity contribution in [1.29, 1.82) is 0 Å². The molecule has 0 saturated carbocycles. The number of halogens is 6. The van der Waals surface area contributed by atoms with Crippen LogP contribution in [-0.2, 0) is 10.7 Å². The van der Waals surface area contributed by atoms with Gasteiger partial charge in [-0.2, -0.15) is 8.78 Å². The van der Waals surface area contributed by atoms with E-state index < -0.39 is 50.4 Å². The van der Waals surface area contributed by atoms with Gasteiger partial charge in [0.05, 0.1) is 9.61 Å². The fourth-order valence-corrected chi connectivity index (χ4v) is 2.36. The maximum absolute atomic E-state index is 14.3. The van der Waals surface area contributed by atoms with Gasteiger partial charge in [0, 0.05) is 17.3 Å². The van der Waals surface area contributed by atoms with E-state index in [9.17, 15) is 31.5 Å². The van der Waals surface area contributed by atoms with Crippen LogP contribution in [0.25, 0.3) is 0 Å². The summed E-state index contributed by atoms with van der Waals surface area (Å²) >= 11 is 1.68. The molecule has 0 bridgehead atoms. The molecule has 1 unspecified atom stereocenters. The topological polar surface area (TPSA) is 58.2 Å². The SMILES string of the molecule is CC(I)NC(=O)C(F)(F)c1cc(C(=O)Nc2ccc(F)c(F)c2)ccc1F. The zero-order valence-corrected chi connectivity index (χ0v) is 15.8. The Kier molecular flexibility index (Phi) is 6.39. The third-order valence-electron chi connectivity index (χ3n) is 3.36. The van der Waals surface area contributed by atoms with Crippen molar-refractivity contribution < 1.29 is 31.5 Å². The van der Waals surface area contributed by atoms with Crippen LogP contribution in [0.15, 0.2) is 36.4 Å². The highest BCUT2D eigenvalue weighted by Gasteiger charge is 2.43. The highest BCUT2D eigenvalue weighted by Crippen LogP contribution is 2.31. The molecular weight excluding hydrogens is 486 g/mol. The molecule has 0 aliphatic carbocycles. The molecule has 0 aliphatic heterocycles. The molecule has 2 N–H and O–H groups in total. The molecule has 1 atom stereocenters. The monoisotopic (exact) mass is 498 g/mol. The molecule has 27 heavy (non-hydrogen) atoms. The lowest BCUT2D eigenvalue weighted by Crippen LogP contribution is -2.41. The third-order valence-corrected chi connectivity index (χ3v) is 3.67. The second-order valence-electron chi connectivity index (χ2n) is 5.44. The van der Waals surface area contributed by atoms with Gasteiger partial charge in [0.25, 0.3) is 11.8 Å².